The summed E-state index contributed by atoms with van der Waals surface area (Å²) in [6.45, 7) is 5.73. The first-order chi connectivity index (χ1) is 13.9. The lowest BCUT2D eigenvalue weighted by Gasteiger charge is -2.16. The van der Waals surface area contributed by atoms with Crippen molar-refractivity contribution in [3.63, 3.8) is 0 Å². The van der Waals surface area contributed by atoms with Crippen molar-refractivity contribution in [2.24, 2.45) is 0 Å². The zero-order chi connectivity index (χ0) is 20.5. The van der Waals surface area contributed by atoms with E-state index in [1.165, 1.54) is 19.1 Å². The lowest BCUT2D eigenvalue weighted by molar-refractivity contribution is 0.101. The van der Waals surface area contributed by atoms with Gasteiger partial charge in [-0.05, 0) is 54.8 Å². The van der Waals surface area contributed by atoms with Gasteiger partial charge in [-0.25, -0.2) is 14.4 Å². The third kappa shape index (κ3) is 3.61. The van der Waals surface area contributed by atoms with E-state index in [0.29, 0.717) is 17.0 Å². The SMILES string of the molecule is CC(=O)c1c[nH]c2nccc(Nc3nc(-c4ccc(F)cc4)ccc3C(C)C)c12. The number of rotatable bonds is 5. The van der Waals surface area contributed by atoms with Crippen LogP contribution in [-0.4, -0.2) is 20.7 Å². The van der Waals surface area contributed by atoms with Gasteiger partial charge >= 0.3 is 0 Å². The number of aromatic amines is 1. The quantitative estimate of drug-likeness (QED) is 0.422. The van der Waals surface area contributed by atoms with Crippen LogP contribution in [0.3, 0.4) is 0 Å². The van der Waals surface area contributed by atoms with Gasteiger partial charge in [0.2, 0.25) is 0 Å². The molecule has 3 heterocycles. The molecule has 0 spiro atoms. The van der Waals surface area contributed by atoms with E-state index < -0.39 is 0 Å². The average Bonchev–Trinajstić information content (AvgIpc) is 3.14. The molecule has 5 nitrogen and oxygen atoms in total. The van der Waals surface area contributed by atoms with Crippen molar-refractivity contribution >= 4 is 28.3 Å². The minimum atomic E-state index is -0.283. The van der Waals surface area contributed by atoms with Crippen LogP contribution in [-0.2, 0) is 0 Å². The Hall–Kier alpha value is -3.54. The monoisotopic (exact) mass is 388 g/mol. The number of hydrogen-bond donors (Lipinski definition) is 2. The smallest absolute Gasteiger partial charge is 0.162 e. The fourth-order valence-electron chi connectivity index (χ4n) is 3.38. The average molecular weight is 388 g/mol. The number of pyridine rings is 2. The number of benzene rings is 1. The van der Waals surface area contributed by atoms with Gasteiger partial charge in [-0.2, -0.15) is 0 Å². The summed E-state index contributed by atoms with van der Waals surface area (Å²) in [5, 5.41) is 4.14. The van der Waals surface area contributed by atoms with E-state index in [1.54, 1.807) is 24.5 Å². The number of Topliss-reactive ketones (excluding diaryl/α,β-unsaturated/α-hetero) is 1. The maximum atomic E-state index is 13.3. The molecule has 0 aliphatic carbocycles. The van der Waals surface area contributed by atoms with Gasteiger partial charge in [0, 0.05) is 23.5 Å². The molecule has 3 aromatic heterocycles. The summed E-state index contributed by atoms with van der Waals surface area (Å²) < 4.78 is 13.3. The number of ketones is 1. The minimum absolute atomic E-state index is 0.0376. The van der Waals surface area contributed by atoms with Gasteiger partial charge in [-0.3, -0.25) is 4.79 Å². The Morgan fingerprint density at radius 2 is 1.86 bits per heavy atom. The van der Waals surface area contributed by atoms with Gasteiger partial charge < -0.3 is 10.3 Å². The Morgan fingerprint density at radius 3 is 2.55 bits per heavy atom. The first-order valence-electron chi connectivity index (χ1n) is 9.45. The Bertz CT molecular complexity index is 1200. The Labute approximate surface area is 168 Å². The standard InChI is InChI=1S/C23H21FN4O/c1-13(2)17-8-9-19(15-4-6-16(24)7-5-15)27-22(17)28-20-10-11-25-23-21(20)18(12-26-23)14(3)29/h4-13H,1-3H3,(H2,25,26,27,28). The lowest BCUT2D eigenvalue weighted by Crippen LogP contribution is -2.03. The molecule has 0 saturated carbocycles. The molecule has 0 radical (unpaired) electrons. The van der Waals surface area contributed by atoms with Crippen molar-refractivity contribution in [3.05, 3.63) is 71.8 Å². The van der Waals surface area contributed by atoms with Crippen molar-refractivity contribution < 1.29 is 9.18 Å². The van der Waals surface area contributed by atoms with Crippen LogP contribution in [0.25, 0.3) is 22.3 Å². The van der Waals surface area contributed by atoms with E-state index in [9.17, 15) is 9.18 Å². The largest absolute Gasteiger partial charge is 0.345 e. The highest BCUT2D eigenvalue weighted by molar-refractivity contribution is 6.10. The molecule has 1 aromatic carbocycles. The van der Waals surface area contributed by atoms with Crippen molar-refractivity contribution in [3.8, 4) is 11.3 Å². The second kappa shape index (κ2) is 7.47. The van der Waals surface area contributed by atoms with E-state index in [-0.39, 0.29) is 17.5 Å². The first kappa shape index (κ1) is 18.8. The van der Waals surface area contributed by atoms with Gasteiger partial charge in [0.25, 0.3) is 0 Å². The van der Waals surface area contributed by atoms with Gasteiger partial charge in [0.15, 0.2) is 5.78 Å². The third-order valence-electron chi connectivity index (χ3n) is 4.89. The van der Waals surface area contributed by atoms with Crippen molar-refractivity contribution in [1.29, 1.82) is 0 Å². The Balaban J connectivity index is 1.83. The zero-order valence-corrected chi connectivity index (χ0v) is 16.5. The molecule has 4 rings (SSSR count). The molecular formula is C23H21FN4O. The number of anilines is 2. The highest BCUT2D eigenvalue weighted by Gasteiger charge is 2.16. The van der Waals surface area contributed by atoms with E-state index in [0.717, 1.165) is 27.9 Å². The summed E-state index contributed by atoms with van der Waals surface area (Å²) in [6.07, 6.45) is 3.36. The summed E-state index contributed by atoms with van der Waals surface area (Å²) in [7, 11) is 0. The van der Waals surface area contributed by atoms with Gasteiger partial charge in [-0.15, -0.1) is 0 Å². The number of aromatic nitrogens is 3. The third-order valence-corrected chi connectivity index (χ3v) is 4.89. The van der Waals surface area contributed by atoms with Crippen molar-refractivity contribution in [1.82, 2.24) is 15.0 Å². The van der Waals surface area contributed by atoms with Gasteiger partial charge in [0.1, 0.15) is 17.3 Å². The molecule has 0 atom stereocenters. The molecular weight excluding hydrogens is 367 g/mol. The van der Waals surface area contributed by atoms with Crippen LogP contribution in [0, 0.1) is 5.82 Å². The fourth-order valence-corrected chi connectivity index (χ4v) is 3.38. The number of carbonyl (C=O) groups is 1. The lowest BCUT2D eigenvalue weighted by atomic mass is 10.0. The van der Waals surface area contributed by atoms with E-state index >= 15 is 0 Å². The number of hydrogen-bond acceptors (Lipinski definition) is 4. The number of carbonyl (C=O) groups excluding carboxylic acids is 1. The number of nitrogens with one attached hydrogen (secondary N) is 2. The van der Waals surface area contributed by atoms with Crippen molar-refractivity contribution in [2.75, 3.05) is 5.32 Å². The van der Waals surface area contributed by atoms with Crippen LogP contribution in [0.5, 0.6) is 0 Å². The molecule has 2 N–H and O–H groups in total. The van der Waals surface area contributed by atoms with Gasteiger partial charge in [-0.1, -0.05) is 19.9 Å². The summed E-state index contributed by atoms with van der Waals surface area (Å²) in [4.78, 5) is 24.2. The highest BCUT2D eigenvalue weighted by Crippen LogP contribution is 2.32. The summed E-state index contributed by atoms with van der Waals surface area (Å²) in [5.41, 5.74) is 4.59. The zero-order valence-electron chi connectivity index (χ0n) is 16.5. The van der Waals surface area contributed by atoms with E-state index in [4.69, 9.17) is 4.98 Å². The van der Waals surface area contributed by atoms with Crippen LogP contribution < -0.4 is 5.32 Å². The van der Waals surface area contributed by atoms with E-state index in [1.807, 2.05) is 18.2 Å². The molecule has 146 valence electrons. The molecule has 4 aromatic rings. The summed E-state index contributed by atoms with van der Waals surface area (Å²) in [5.74, 6) is 0.617. The molecule has 0 amide bonds. The Morgan fingerprint density at radius 1 is 1.10 bits per heavy atom. The molecule has 0 unspecified atom stereocenters. The minimum Gasteiger partial charge on any atom is -0.345 e. The number of H-pyrrole nitrogens is 1. The van der Waals surface area contributed by atoms with Crippen LogP contribution in [0.15, 0.2) is 54.9 Å². The number of fused-ring (bicyclic) bond motifs is 1. The molecule has 0 bridgehead atoms. The maximum Gasteiger partial charge on any atom is 0.162 e. The highest BCUT2D eigenvalue weighted by atomic mass is 19.1. The van der Waals surface area contributed by atoms with Crippen molar-refractivity contribution in [2.45, 2.75) is 26.7 Å². The summed E-state index contributed by atoms with van der Waals surface area (Å²) >= 11 is 0. The molecule has 0 aliphatic heterocycles. The Kier molecular flexibility index (Phi) is 4.84. The predicted molar refractivity (Wildman–Crippen MR) is 113 cm³/mol. The molecule has 0 aliphatic rings. The number of halogens is 1. The topological polar surface area (TPSA) is 70.7 Å². The molecule has 29 heavy (non-hydrogen) atoms. The second-order valence-electron chi connectivity index (χ2n) is 7.26. The second-order valence-corrected chi connectivity index (χ2v) is 7.26. The van der Waals surface area contributed by atoms with Crippen LogP contribution in [0.2, 0.25) is 0 Å². The molecule has 0 fully saturated rings. The van der Waals surface area contributed by atoms with Crippen LogP contribution in [0.4, 0.5) is 15.9 Å². The predicted octanol–water partition coefficient (Wildman–Crippen LogP) is 5.83. The van der Waals surface area contributed by atoms with Crippen LogP contribution >= 0.6 is 0 Å². The maximum absolute atomic E-state index is 13.3. The first-order valence-corrected chi connectivity index (χ1v) is 9.45. The fraction of sp³-hybridized carbons (Fsp3) is 0.174. The normalized spacial score (nSPS) is 11.2. The molecule has 0 saturated heterocycles. The molecule has 6 heteroatoms. The number of nitrogens with zero attached hydrogens (tertiary/aromatic N) is 2. The van der Waals surface area contributed by atoms with Gasteiger partial charge in [0.05, 0.1) is 16.8 Å². The van der Waals surface area contributed by atoms with E-state index in [2.05, 4.69) is 29.1 Å². The summed E-state index contributed by atoms with van der Waals surface area (Å²) in [6, 6.07) is 12.1. The van der Waals surface area contributed by atoms with Crippen LogP contribution in [0.1, 0.15) is 42.6 Å².